The molecule has 1 heterocycles. The normalized spacial score (nSPS) is 11.9. The number of hydrogen-bond donors (Lipinski definition) is 4. The third-order valence-electron chi connectivity index (χ3n) is 2.38. The summed E-state index contributed by atoms with van der Waals surface area (Å²) in [5.41, 5.74) is 5.38. The van der Waals surface area contributed by atoms with Gasteiger partial charge in [-0.15, -0.1) is 11.8 Å². The SMILES string of the molecule is CNC(=S)NCCCSc1cncc(NC(N)=NCC(F)(F)F)n1. The first-order valence-corrected chi connectivity index (χ1v) is 8.23. The molecule has 0 radical (unpaired) electrons. The van der Waals surface area contributed by atoms with Gasteiger partial charge in [-0.3, -0.25) is 4.98 Å². The summed E-state index contributed by atoms with van der Waals surface area (Å²) in [5, 5.41) is 9.51. The molecule has 0 fully saturated rings. The third-order valence-corrected chi connectivity index (χ3v) is 3.71. The van der Waals surface area contributed by atoms with Gasteiger partial charge in [0.15, 0.2) is 16.9 Å². The Morgan fingerprint density at radius 3 is 2.83 bits per heavy atom. The minimum atomic E-state index is -4.40. The Labute approximate surface area is 147 Å². The molecular weight excluding hydrogens is 363 g/mol. The van der Waals surface area contributed by atoms with Crippen molar-refractivity contribution in [2.75, 3.05) is 31.2 Å². The molecule has 0 aliphatic carbocycles. The largest absolute Gasteiger partial charge is 0.408 e. The second-order valence-electron chi connectivity index (χ2n) is 4.39. The van der Waals surface area contributed by atoms with Gasteiger partial charge in [-0.2, -0.15) is 13.2 Å². The molecule has 7 nitrogen and oxygen atoms in total. The zero-order valence-electron chi connectivity index (χ0n) is 12.9. The van der Waals surface area contributed by atoms with E-state index < -0.39 is 12.7 Å². The first-order valence-electron chi connectivity index (χ1n) is 6.84. The fourth-order valence-electron chi connectivity index (χ4n) is 1.36. The average molecular weight is 381 g/mol. The molecule has 12 heteroatoms. The molecule has 134 valence electrons. The summed E-state index contributed by atoms with van der Waals surface area (Å²) in [4.78, 5) is 11.3. The zero-order valence-corrected chi connectivity index (χ0v) is 14.5. The molecule has 5 N–H and O–H groups in total. The standard InChI is InChI=1S/C12H18F3N7S2/c1-17-11(23)19-3-2-4-24-9-6-18-5-8(21-9)22-10(16)20-7-12(13,14)15/h5-6H,2-4,7H2,1H3,(H2,17,19,23)(H3,16,20,21,22). The maximum atomic E-state index is 12.1. The highest BCUT2D eigenvalue weighted by Gasteiger charge is 2.26. The summed E-state index contributed by atoms with van der Waals surface area (Å²) >= 11 is 6.41. The molecule has 1 aromatic heterocycles. The molecule has 0 aliphatic heterocycles. The number of nitrogens with two attached hydrogens (primary N) is 1. The smallest absolute Gasteiger partial charge is 0.370 e. The molecule has 0 amide bonds. The van der Waals surface area contributed by atoms with E-state index in [1.165, 1.54) is 18.0 Å². The Hall–Kier alpha value is -1.82. The number of nitrogens with one attached hydrogen (secondary N) is 3. The van der Waals surface area contributed by atoms with Crippen LogP contribution in [-0.2, 0) is 0 Å². The molecule has 24 heavy (non-hydrogen) atoms. The van der Waals surface area contributed by atoms with Crippen molar-refractivity contribution >= 4 is 40.9 Å². The van der Waals surface area contributed by atoms with Gasteiger partial charge in [-0.1, -0.05) is 0 Å². The van der Waals surface area contributed by atoms with Crippen LogP contribution in [0.1, 0.15) is 6.42 Å². The summed E-state index contributed by atoms with van der Waals surface area (Å²) in [7, 11) is 1.74. The zero-order chi connectivity index (χ0) is 18.0. The van der Waals surface area contributed by atoms with E-state index in [2.05, 4.69) is 30.9 Å². The third kappa shape index (κ3) is 9.35. The van der Waals surface area contributed by atoms with Crippen LogP contribution in [0.25, 0.3) is 0 Å². The molecule has 0 saturated carbocycles. The van der Waals surface area contributed by atoms with Crippen molar-refractivity contribution in [1.29, 1.82) is 0 Å². The van der Waals surface area contributed by atoms with Crippen LogP contribution in [0.15, 0.2) is 22.4 Å². The summed E-state index contributed by atoms with van der Waals surface area (Å²) in [6.45, 7) is -0.635. The van der Waals surface area contributed by atoms with Gasteiger partial charge >= 0.3 is 6.18 Å². The van der Waals surface area contributed by atoms with E-state index in [9.17, 15) is 13.2 Å². The number of guanidine groups is 1. The molecular formula is C12H18F3N7S2. The van der Waals surface area contributed by atoms with E-state index in [0.717, 1.165) is 18.7 Å². The number of nitrogens with zero attached hydrogens (tertiary/aromatic N) is 3. The van der Waals surface area contributed by atoms with Gasteiger partial charge < -0.3 is 21.7 Å². The second kappa shape index (κ2) is 10.1. The molecule has 0 unspecified atom stereocenters. The van der Waals surface area contributed by atoms with Gasteiger partial charge in [0.25, 0.3) is 0 Å². The number of halogens is 3. The number of aromatic nitrogens is 2. The highest BCUT2D eigenvalue weighted by Crippen LogP contribution is 2.17. The van der Waals surface area contributed by atoms with E-state index in [0.29, 0.717) is 10.1 Å². The Morgan fingerprint density at radius 1 is 1.42 bits per heavy atom. The second-order valence-corrected chi connectivity index (χ2v) is 5.92. The Morgan fingerprint density at radius 2 is 2.17 bits per heavy atom. The number of thiocarbonyl (C=S) groups is 1. The maximum Gasteiger partial charge on any atom is 0.408 e. The lowest BCUT2D eigenvalue weighted by atomic mass is 10.5. The lowest BCUT2D eigenvalue weighted by Gasteiger charge is -2.08. The molecule has 1 aromatic rings. The maximum absolute atomic E-state index is 12.1. The van der Waals surface area contributed by atoms with E-state index in [1.807, 2.05) is 0 Å². The predicted octanol–water partition coefficient (Wildman–Crippen LogP) is 1.34. The highest BCUT2D eigenvalue weighted by atomic mass is 32.2. The minimum Gasteiger partial charge on any atom is -0.370 e. The van der Waals surface area contributed by atoms with Crippen LogP contribution in [0, 0.1) is 0 Å². The van der Waals surface area contributed by atoms with Gasteiger partial charge in [-0.05, 0) is 18.6 Å². The summed E-state index contributed by atoms with van der Waals surface area (Å²) in [5.74, 6) is 0.640. The lowest BCUT2D eigenvalue weighted by Crippen LogP contribution is -2.33. The molecule has 0 aliphatic rings. The summed E-state index contributed by atoms with van der Waals surface area (Å²) < 4.78 is 36.2. The fraction of sp³-hybridized carbons (Fsp3) is 0.500. The van der Waals surface area contributed by atoms with E-state index in [4.69, 9.17) is 18.0 Å². The van der Waals surface area contributed by atoms with E-state index in [1.54, 1.807) is 13.2 Å². The first kappa shape index (κ1) is 20.2. The van der Waals surface area contributed by atoms with Gasteiger partial charge in [-0.25, -0.2) is 9.98 Å². The van der Waals surface area contributed by atoms with Gasteiger partial charge in [0.05, 0.1) is 12.4 Å². The van der Waals surface area contributed by atoms with E-state index >= 15 is 0 Å². The quantitative estimate of drug-likeness (QED) is 0.185. The Balaban J connectivity index is 2.42. The van der Waals surface area contributed by atoms with Crippen molar-refractivity contribution in [3.63, 3.8) is 0 Å². The fourth-order valence-corrected chi connectivity index (χ4v) is 2.26. The summed E-state index contributed by atoms with van der Waals surface area (Å²) in [6.07, 6.45) is -0.641. The minimum absolute atomic E-state index is 0.234. The van der Waals surface area contributed by atoms with Crippen LogP contribution in [0.5, 0.6) is 0 Å². The van der Waals surface area contributed by atoms with Crippen LogP contribution < -0.4 is 21.7 Å². The van der Waals surface area contributed by atoms with Crippen molar-refractivity contribution in [3.05, 3.63) is 12.4 Å². The topological polar surface area (TPSA) is 100 Å². The molecule has 0 saturated heterocycles. The van der Waals surface area contributed by atoms with Crippen molar-refractivity contribution in [3.8, 4) is 0 Å². The van der Waals surface area contributed by atoms with Crippen LogP contribution >= 0.6 is 24.0 Å². The molecule has 0 spiro atoms. The number of thioether (sulfide) groups is 1. The van der Waals surface area contributed by atoms with Crippen molar-refractivity contribution < 1.29 is 13.2 Å². The van der Waals surface area contributed by atoms with Crippen LogP contribution in [0.3, 0.4) is 0 Å². The van der Waals surface area contributed by atoms with Crippen LogP contribution in [0.2, 0.25) is 0 Å². The van der Waals surface area contributed by atoms with Crippen LogP contribution in [0.4, 0.5) is 19.0 Å². The average Bonchev–Trinajstić information content (AvgIpc) is 2.52. The van der Waals surface area contributed by atoms with Gasteiger partial charge in [0.2, 0.25) is 0 Å². The van der Waals surface area contributed by atoms with E-state index in [-0.39, 0.29) is 11.8 Å². The van der Waals surface area contributed by atoms with Gasteiger partial charge in [0.1, 0.15) is 11.6 Å². The van der Waals surface area contributed by atoms with Crippen LogP contribution in [-0.4, -0.2) is 53.1 Å². The number of hydrogen-bond acceptors (Lipinski definition) is 5. The first-order chi connectivity index (χ1) is 11.3. The Kier molecular flexibility index (Phi) is 8.54. The summed E-state index contributed by atoms with van der Waals surface area (Å²) in [6, 6.07) is 0. The van der Waals surface area contributed by atoms with Gasteiger partial charge in [0, 0.05) is 19.3 Å². The Bertz CT molecular complexity index is 566. The predicted molar refractivity (Wildman–Crippen MR) is 93.2 cm³/mol. The monoisotopic (exact) mass is 381 g/mol. The lowest BCUT2D eigenvalue weighted by molar-refractivity contribution is -0.118. The number of rotatable bonds is 7. The molecule has 0 bridgehead atoms. The molecule has 1 rings (SSSR count). The molecule has 0 atom stereocenters. The highest BCUT2D eigenvalue weighted by molar-refractivity contribution is 7.99. The number of anilines is 1. The number of aliphatic imine (C=N–C) groups is 1. The van der Waals surface area contributed by atoms with Crippen molar-refractivity contribution in [2.45, 2.75) is 17.6 Å². The number of alkyl halides is 3. The van der Waals surface area contributed by atoms with Crippen molar-refractivity contribution in [1.82, 2.24) is 20.6 Å². The molecule has 0 aromatic carbocycles. The van der Waals surface area contributed by atoms with Crippen molar-refractivity contribution in [2.24, 2.45) is 10.7 Å².